The van der Waals surface area contributed by atoms with Gasteiger partial charge in [-0.3, -0.25) is 0 Å². The molecule has 0 saturated carbocycles. The highest BCUT2D eigenvalue weighted by atomic mass is 35.5. The highest BCUT2D eigenvalue weighted by Crippen LogP contribution is 2.09. The van der Waals surface area contributed by atoms with Gasteiger partial charge in [0.2, 0.25) is 0 Å². The summed E-state index contributed by atoms with van der Waals surface area (Å²) in [6, 6.07) is 0. The number of alkyl halides is 1. The maximum atomic E-state index is 5.63. The van der Waals surface area contributed by atoms with Crippen LogP contribution in [0.1, 0.15) is 77.6 Å². The van der Waals surface area contributed by atoms with E-state index in [1.807, 2.05) is 6.08 Å². The van der Waals surface area contributed by atoms with Crippen LogP contribution in [0.25, 0.3) is 0 Å². The van der Waals surface area contributed by atoms with E-state index in [4.69, 9.17) is 11.6 Å². The first-order chi connectivity index (χ1) is 8.91. The van der Waals surface area contributed by atoms with Crippen molar-refractivity contribution in [2.24, 2.45) is 0 Å². The first kappa shape index (κ1) is 17.6. The van der Waals surface area contributed by atoms with Crippen LogP contribution in [-0.4, -0.2) is 5.88 Å². The predicted molar refractivity (Wildman–Crippen MR) is 84.1 cm³/mol. The lowest BCUT2D eigenvalue weighted by Crippen LogP contribution is -1.81. The zero-order valence-electron chi connectivity index (χ0n) is 12.0. The maximum Gasteiger partial charge on any atom is 0.0223 e. The zero-order chi connectivity index (χ0) is 13.3. The van der Waals surface area contributed by atoms with Crippen LogP contribution in [0.3, 0.4) is 0 Å². The molecule has 0 saturated heterocycles. The molecule has 0 aliphatic heterocycles. The third-order valence-electron chi connectivity index (χ3n) is 2.94. The Hall–Kier alpha value is -0.410. The Labute approximate surface area is 119 Å². The van der Waals surface area contributed by atoms with Gasteiger partial charge in [0.15, 0.2) is 0 Å². The summed E-state index contributed by atoms with van der Waals surface area (Å²) in [5, 5.41) is 0. The quantitative estimate of drug-likeness (QED) is 0.241. The standard InChI is InChI=1S/C17H29Cl/c1-2-3-4-5-6-7-8-9-10-11-12-13-14-15-16-17-18/h4-5H,2-3,8-17H2,1H3/b5-4-. The first-order valence-electron chi connectivity index (χ1n) is 7.61. The van der Waals surface area contributed by atoms with Crippen LogP contribution < -0.4 is 0 Å². The number of rotatable bonds is 11. The molecule has 0 N–H and O–H groups in total. The second kappa shape index (κ2) is 16.6. The van der Waals surface area contributed by atoms with Gasteiger partial charge in [-0.05, 0) is 25.3 Å². The van der Waals surface area contributed by atoms with Gasteiger partial charge in [0.1, 0.15) is 0 Å². The fourth-order valence-electron chi connectivity index (χ4n) is 1.81. The second-order valence-corrected chi connectivity index (χ2v) is 5.16. The largest absolute Gasteiger partial charge is 0.127 e. The monoisotopic (exact) mass is 268 g/mol. The van der Waals surface area contributed by atoms with E-state index in [2.05, 4.69) is 24.8 Å². The molecule has 18 heavy (non-hydrogen) atoms. The highest BCUT2D eigenvalue weighted by molar-refractivity contribution is 6.17. The van der Waals surface area contributed by atoms with Crippen LogP contribution in [-0.2, 0) is 0 Å². The Kier molecular flexibility index (Phi) is 16.2. The van der Waals surface area contributed by atoms with E-state index in [-0.39, 0.29) is 0 Å². The average molecular weight is 269 g/mol. The van der Waals surface area contributed by atoms with Gasteiger partial charge in [-0.2, -0.15) is 0 Å². The number of hydrogen-bond donors (Lipinski definition) is 0. The molecule has 0 aromatic heterocycles. The SMILES string of the molecule is CCC/C=C\C#CCCCCCCCCCCCl. The molecule has 0 heterocycles. The Bertz CT molecular complexity index is 232. The molecule has 0 aliphatic carbocycles. The molecule has 0 amide bonds. The van der Waals surface area contributed by atoms with Crippen molar-refractivity contribution in [2.75, 3.05) is 5.88 Å². The van der Waals surface area contributed by atoms with Crippen molar-refractivity contribution in [1.29, 1.82) is 0 Å². The van der Waals surface area contributed by atoms with Gasteiger partial charge in [-0.25, -0.2) is 0 Å². The minimum Gasteiger partial charge on any atom is -0.127 e. The summed E-state index contributed by atoms with van der Waals surface area (Å²) in [7, 11) is 0. The summed E-state index contributed by atoms with van der Waals surface area (Å²) in [6.07, 6.45) is 18.1. The lowest BCUT2D eigenvalue weighted by molar-refractivity contribution is 0.580. The van der Waals surface area contributed by atoms with Gasteiger partial charge in [-0.15, -0.1) is 11.6 Å². The third kappa shape index (κ3) is 15.6. The minimum atomic E-state index is 0.825. The summed E-state index contributed by atoms with van der Waals surface area (Å²) in [4.78, 5) is 0. The van der Waals surface area contributed by atoms with Crippen LogP contribution in [0, 0.1) is 11.8 Å². The fraction of sp³-hybridized carbons (Fsp3) is 0.765. The van der Waals surface area contributed by atoms with Crippen LogP contribution >= 0.6 is 11.6 Å². The summed E-state index contributed by atoms with van der Waals surface area (Å²) in [5.74, 6) is 7.14. The maximum absolute atomic E-state index is 5.63. The Morgan fingerprint density at radius 1 is 0.889 bits per heavy atom. The van der Waals surface area contributed by atoms with Crippen molar-refractivity contribution >= 4 is 11.6 Å². The number of halogens is 1. The molecule has 104 valence electrons. The first-order valence-corrected chi connectivity index (χ1v) is 8.14. The molecule has 0 unspecified atom stereocenters. The van der Waals surface area contributed by atoms with Crippen LogP contribution in [0.4, 0.5) is 0 Å². The molecule has 0 aromatic rings. The van der Waals surface area contributed by atoms with Gasteiger partial charge in [-0.1, -0.05) is 69.8 Å². The van der Waals surface area contributed by atoms with Gasteiger partial charge in [0.05, 0.1) is 0 Å². The van der Waals surface area contributed by atoms with Gasteiger partial charge >= 0.3 is 0 Å². The lowest BCUT2D eigenvalue weighted by Gasteiger charge is -1.99. The van der Waals surface area contributed by atoms with Crippen molar-refractivity contribution in [3.63, 3.8) is 0 Å². The Balaban J connectivity index is 3.11. The van der Waals surface area contributed by atoms with Crippen molar-refractivity contribution in [2.45, 2.75) is 77.6 Å². The van der Waals surface area contributed by atoms with Gasteiger partial charge in [0, 0.05) is 12.3 Å². The molecule has 0 spiro atoms. The van der Waals surface area contributed by atoms with E-state index in [0.29, 0.717) is 0 Å². The van der Waals surface area contributed by atoms with Gasteiger partial charge < -0.3 is 0 Å². The molecule has 0 nitrogen and oxygen atoms in total. The van der Waals surface area contributed by atoms with E-state index in [1.165, 1.54) is 57.8 Å². The fourth-order valence-corrected chi connectivity index (χ4v) is 2.00. The molecule has 1 heteroatoms. The van der Waals surface area contributed by atoms with Gasteiger partial charge in [0.25, 0.3) is 0 Å². The Morgan fingerprint density at radius 3 is 2.11 bits per heavy atom. The molecular formula is C17H29Cl. The number of allylic oxidation sites excluding steroid dienone is 2. The molecule has 0 aliphatic rings. The topological polar surface area (TPSA) is 0 Å². The molecule has 0 radical (unpaired) electrons. The summed E-state index contributed by atoms with van der Waals surface area (Å²) >= 11 is 5.63. The second-order valence-electron chi connectivity index (χ2n) is 4.78. The molecule has 0 bridgehead atoms. The highest BCUT2D eigenvalue weighted by Gasteiger charge is 1.91. The smallest absolute Gasteiger partial charge is 0.0223 e. The van der Waals surface area contributed by atoms with E-state index in [1.54, 1.807) is 0 Å². The summed E-state index contributed by atoms with van der Waals surface area (Å²) in [6.45, 7) is 2.19. The van der Waals surface area contributed by atoms with E-state index >= 15 is 0 Å². The van der Waals surface area contributed by atoms with Crippen molar-refractivity contribution < 1.29 is 0 Å². The average Bonchev–Trinajstić information content (AvgIpc) is 2.39. The lowest BCUT2D eigenvalue weighted by atomic mass is 10.1. The molecule has 0 rings (SSSR count). The molecular weight excluding hydrogens is 240 g/mol. The number of unbranched alkanes of at least 4 members (excludes halogenated alkanes) is 9. The van der Waals surface area contributed by atoms with Crippen LogP contribution in [0.15, 0.2) is 12.2 Å². The van der Waals surface area contributed by atoms with E-state index in [0.717, 1.165) is 18.7 Å². The zero-order valence-corrected chi connectivity index (χ0v) is 12.8. The molecule has 0 atom stereocenters. The molecule has 0 fully saturated rings. The van der Waals surface area contributed by atoms with E-state index < -0.39 is 0 Å². The summed E-state index contributed by atoms with van der Waals surface area (Å²) < 4.78 is 0. The van der Waals surface area contributed by atoms with Crippen molar-refractivity contribution in [3.8, 4) is 11.8 Å². The summed E-state index contributed by atoms with van der Waals surface area (Å²) in [5.41, 5.74) is 0. The minimum absolute atomic E-state index is 0.825. The Morgan fingerprint density at radius 2 is 1.50 bits per heavy atom. The van der Waals surface area contributed by atoms with Crippen molar-refractivity contribution in [3.05, 3.63) is 12.2 Å². The van der Waals surface area contributed by atoms with Crippen molar-refractivity contribution in [1.82, 2.24) is 0 Å². The van der Waals surface area contributed by atoms with Crippen LogP contribution in [0.5, 0.6) is 0 Å². The number of hydrogen-bond acceptors (Lipinski definition) is 0. The normalized spacial score (nSPS) is 10.6. The third-order valence-corrected chi connectivity index (χ3v) is 3.21. The van der Waals surface area contributed by atoms with Crippen LogP contribution in [0.2, 0.25) is 0 Å². The molecule has 0 aromatic carbocycles. The predicted octanol–water partition coefficient (Wildman–Crippen LogP) is 6.10. The van der Waals surface area contributed by atoms with E-state index in [9.17, 15) is 0 Å².